The van der Waals surface area contributed by atoms with Crippen molar-refractivity contribution >= 4 is 22.2 Å². The third-order valence-corrected chi connectivity index (χ3v) is 6.80. The van der Waals surface area contributed by atoms with Gasteiger partial charge in [0.2, 0.25) is 0 Å². The fourth-order valence-corrected chi connectivity index (χ4v) is 4.98. The molecule has 0 amide bonds. The molecule has 0 atom stereocenters. The lowest BCUT2D eigenvalue weighted by Gasteiger charge is -2.20. The lowest BCUT2D eigenvalue weighted by atomic mass is 9.99. The van der Waals surface area contributed by atoms with E-state index in [2.05, 4.69) is 85.2 Å². The number of hydrogen-bond donors (Lipinski definition) is 2. The summed E-state index contributed by atoms with van der Waals surface area (Å²) in [5.41, 5.74) is 9.74. The summed E-state index contributed by atoms with van der Waals surface area (Å²) < 4.78 is 1.92. The Hall–Kier alpha value is -3.86. The summed E-state index contributed by atoms with van der Waals surface area (Å²) in [6, 6.07) is 15.4. The number of pyridine rings is 2. The van der Waals surface area contributed by atoms with E-state index in [1.54, 1.807) is 0 Å². The molecule has 4 aromatic heterocycles. The molecule has 0 bridgehead atoms. The van der Waals surface area contributed by atoms with Crippen molar-refractivity contribution in [1.82, 2.24) is 24.9 Å². The molecule has 192 valence electrons. The quantitative estimate of drug-likeness (QED) is 0.217. The third kappa shape index (κ3) is 5.46. The van der Waals surface area contributed by atoms with E-state index in [9.17, 15) is 0 Å². The molecule has 0 unspecified atom stereocenters. The number of fused-ring (bicyclic) bond motifs is 2. The van der Waals surface area contributed by atoms with E-state index in [1.165, 1.54) is 11.1 Å². The molecule has 0 aliphatic rings. The number of aromatic nitrogens is 4. The van der Waals surface area contributed by atoms with Crippen LogP contribution in [0.2, 0.25) is 0 Å². The van der Waals surface area contributed by atoms with Gasteiger partial charge in [-0.2, -0.15) is 5.10 Å². The molecular formula is C32H39N5. The van der Waals surface area contributed by atoms with Crippen molar-refractivity contribution in [3.63, 3.8) is 0 Å². The molecular weight excluding hydrogens is 454 g/mol. The van der Waals surface area contributed by atoms with Crippen LogP contribution in [0.15, 0.2) is 73.8 Å². The highest BCUT2D eigenvalue weighted by atomic mass is 15.2. The standard InChI is InChI=1S/C30H33N5.C2H6/c1-5-9-24(10-6-2)34-21(4)27-19-33-35-14-13-22(16-29(27)35)28-18-32-30-26(28)15-23(17-31-30)25-12-8-7-11-20(25)3;1-2/h7-8,11-19,24,34H,4-6,9-10H2,1-3H3,(H,31,32);1-2H3. The maximum atomic E-state index is 4.71. The Balaban J connectivity index is 0.00000156. The van der Waals surface area contributed by atoms with E-state index in [1.807, 2.05) is 43.2 Å². The van der Waals surface area contributed by atoms with Crippen LogP contribution in [0.1, 0.15) is 64.5 Å². The molecule has 0 spiro atoms. The van der Waals surface area contributed by atoms with E-state index in [0.29, 0.717) is 6.04 Å². The van der Waals surface area contributed by atoms with Crippen LogP contribution in [0.5, 0.6) is 0 Å². The van der Waals surface area contributed by atoms with Gasteiger partial charge in [-0.1, -0.05) is 71.4 Å². The maximum absolute atomic E-state index is 4.71. The van der Waals surface area contributed by atoms with Crippen molar-refractivity contribution in [1.29, 1.82) is 0 Å². The van der Waals surface area contributed by atoms with Crippen molar-refractivity contribution in [2.24, 2.45) is 0 Å². The Morgan fingerprint density at radius 1 is 1.00 bits per heavy atom. The fraction of sp³-hybridized carbons (Fsp3) is 0.312. The van der Waals surface area contributed by atoms with Crippen molar-refractivity contribution in [2.45, 2.75) is 66.3 Å². The molecule has 0 fully saturated rings. The Labute approximate surface area is 220 Å². The zero-order chi connectivity index (χ0) is 26.4. The summed E-state index contributed by atoms with van der Waals surface area (Å²) in [7, 11) is 0. The van der Waals surface area contributed by atoms with Gasteiger partial charge in [0.25, 0.3) is 0 Å². The lowest BCUT2D eigenvalue weighted by molar-refractivity contribution is 0.502. The first kappa shape index (κ1) is 26.2. The van der Waals surface area contributed by atoms with Gasteiger partial charge < -0.3 is 10.3 Å². The second-order valence-electron chi connectivity index (χ2n) is 9.34. The highest BCUT2D eigenvalue weighted by Crippen LogP contribution is 2.33. The Bertz CT molecular complexity index is 1480. The SMILES string of the molecule is C=C(NC(CCC)CCC)c1cnn2ccc(-c3c[nH]c4ncc(-c5ccccc5C)cc34)cc12.CC. The van der Waals surface area contributed by atoms with Crippen LogP contribution in [-0.4, -0.2) is 25.6 Å². The average molecular weight is 494 g/mol. The van der Waals surface area contributed by atoms with Crippen LogP contribution in [-0.2, 0) is 0 Å². The van der Waals surface area contributed by atoms with Crippen molar-refractivity contribution in [2.75, 3.05) is 0 Å². The van der Waals surface area contributed by atoms with Gasteiger partial charge in [-0.3, -0.25) is 0 Å². The second kappa shape index (κ2) is 11.9. The van der Waals surface area contributed by atoms with E-state index < -0.39 is 0 Å². The van der Waals surface area contributed by atoms with Crippen LogP contribution in [0.4, 0.5) is 0 Å². The predicted molar refractivity (Wildman–Crippen MR) is 158 cm³/mol. The summed E-state index contributed by atoms with van der Waals surface area (Å²) in [5, 5.41) is 9.36. The minimum atomic E-state index is 0.440. The predicted octanol–water partition coefficient (Wildman–Crippen LogP) is 8.41. The zero-order valence-electron chi connectivity index (χ0n) is 22.8. The molecule has 5 rings (SSSR count). The molecule has 0 saturated heterocycles. The molecule has 37 heavy (non-hydrogen) atoms. The smallest absolute Gasteiger partial charge is 0.137 e. The summed E-state index contributed by atoms with van der Waals surface area (Å²) in [4.78, 5) is 8.06. The van der Waals surface area contributed by atoms with Crippen molar-refractivity contribution < 1.29 is 0 Å². The monoisotopic (exact) mass is 493 g/mol. The Morgan fingerprint density at radius 3 is 2.49 bits per heavy atom. The summed E-state index contributed by atoms with van der Waals surface area (Å²) >= 11 is 0. The fourth-order valence-electron chi connectivity index (χ4n) is 4.98. The largest absolute Gasteiger partial charge is 0.382 e. The summed E-state index contributed by atoms with van der Waals surface area (Å²) in [6.45, 7) is 15.0. The van der Waals surface area contributed by atoms with Gasteiger partial charge in [0, 0.05) is 52.4 Å². The molecule has 4 heterocycles. The molecule has 5 heteroatoms. The van der Waals surface area contributed by atoms with Crippen LogP contribution in [0.3, 0.4) is 0 Å². The number of nitrogens with one attached hydrogen (secondary N) is 2. The number of benzene rings is 1. The number of hydrogen-bond acceptors (Lipinski definition) is 3. The minimum Gasteiger partial charge on any atom is -0.382 e. The molecule has 2 N–H and O–H groups in total. The highest BCUT2D eigenvalue weighted by Gasteiger charge is 2.15. The van der Waals surface area contributed by atoms with Crippen LogP contribution in [0, 0.1) is 6.92 Å². The second-order valence-corrected chi connectivity index (χ2v) is 9.34. The molecule has 0 aliphatic carbocycles. The molecule has 5 nitrogen and oxygen atoms in total. The number of nitrogens with zero attached hydrogens (tertiary/aromatic N) is 3. The number of H-pyrrole nitrogens is 1. The highest BCUT2D eigenvalue weighted by molar-refractivity contribution is 5.97. The lowest BCUT2D eigenvalue weighted by Crippen LogP contribution is -2.27. The molecule has 0 radical (unpaired) electrons. The van der Waals surface area contributed by atoms with Gasteiger partial charge in [0.1, 0.15) is 5.65 Å². The summed E-state index contributed by atoms with van der Waals surface area (Å²) in [6.07, 6.45) is 12.5. The first-order valence-electron chi connectivity index (χ1n) is 13.6. The first-order chi connectivity index (χ1) is 18.1. The Morgan fingerprint density at radius 2 is 1.76 bits per heavy atom. The maximum Gasteiger partial charge on any atom is 0.137 e. The van der Waals surface area contributed by atoms with E-state index in [-0.39, 0.29) is 0 Å². The van der Waals surface area contributed by atoms with Crippen LogP contribution in [0.25, 0.3) is 44.5 Å². The zero-order valence-corrected chi connectivity index (χ0v) is 22.8. The number of rotatable bonds is 9. The number of aryl methyl sites for hydroxylation is 1. The average Bonchev–Trinajstić information content (AvgIpc) is 3.54. The molecule has 1 aromatic carbocycles. The minimum absolute atomic E-state index is 0.440. The first-order valence-corrected chi connectivity index (χ1v) is 13.6. The normalized spacial score (nSPS) is 11.1. The molecule has 0 saturated carbocycles. The van der Waals surface area contributed by atoms with Gasteiger partial charge >= 0.3 is 0 Å². The van der Waals surface area contributed by atoms with Crippen LogP contribution >= 0.6 is 0 Å². The van der Waals surface area contributed by atoms with E-state index in [4.69, 9.17) is 4.98 Å². The molecule has 5 aromatic rings. The third-order valence-electron chi connectivity index (χ3n) is 6.80. The van der Waals surface area contributed by atoms with Gasteiger partial charge in [0.15, 0.2) is 0 Å². The van der Waals surface area contributed by atoms with Gasteiger partial charge in [0.05, 0.1) is 11.7 Å². The van der Waals surface area contributed by atoms with Gasteiger partial charge in [-0.05, 0) is 54.7 Å². The van der Waals surface area contributed by atoms with Crippen molar-refractivity contribution in [3.05, 3.63) is 85.0 Å². The van der Waals surface area contributed by atoms with Gasteiger partial charge in [-0.25, -0.2) is 9.50 Å². The summed E-state index contributed by atoms with van der Waals surface area (Å²) in [5.74, 6) is 0. The number of aromatic amines is 1. The Kier molecular flexibility index (Phi) is 8.44. The topological polar surface area (TPSA) is 58.0 Å². The molecule has 0 aliphatic heterocycles. The van der Waals surface area contributed by atoms with E-state index in [0.717, 1.165) is 70.2 Å². The van der Waals surface area contributed by atoms with E-state index >= 15 is 0 Å². The van der Waals surface area contributed by atoms with Gasteiger partial charge in [-0.15, -0.1) is 0 Å². The van der Waals surface area contributed by atoms with Crippen LogP contribution < -0.4 is 5.32 Å². The van der Waals surface area contributed by atoms with Crippen molar-refractivity contribution in [3.8, 4) is 22.3 Å².